The second kappa shape index (κ2) is 4.04. The lowest BCUT2D eigenvalue weighted by Gasteiger charge is -2.07. The van der Waals surface area contributed by atoms with Gasteiger partial charge >= 0.3 is 0 Å². The van der Waals surface area contributed by atoms with Gasteiger partial charge in [-0.15, -0.1) is 12.3 Å². The van der Waals surface area contributed by atoms with Crippen LogP contribution >= 0.6 is 0 Å². The van der Waals surface area contributed by atoms with Crippen LogP contribution in [0.5, 0.6) is 0 Å². The Morgan fingerprint density at radius 1 is 1.46 bits per heavy atom. The Labute approximate surface area is 76.6 Å². The first-order valence-electron chi connectivity index (χ1n) is 3.96. The Balaban J connectivity index is 3.12. The second-order valence-corrected chi connectivity index (χ2v) is 2.81. The van der Waals surface area contributed by atoms with Gasteiger partial charge in [0.2, 0.25) is 0 Å². The van der Waals surface area contributed by atoms with Crippen molar-refractivity contribution in [3.05, 3.63) is 34.9 Å². The van der Waals surface area contributed by atoms with Crippen LogP contribution in [0.25, 0.3) is 0 Å². The zero-order chi connectivity index (χ0) is 9.84. The Morgan fingerprint density at radius 3 is 2.69 bits per heavy atom. The second-order valence-electron chi connectivity index (χ2n) is 2.81. The molecule has 0 amide bonds. The standard InChI is InChI=1S/C11H10F2/c1-3-5-9-6-4-7-10(8(9)2)11(12)13/h1,4,6-7,11H,5H2,2H3. The van der Waals surface area contributed by atoms with E-state index in [9.17, 15) is 8.78 Å². The van der Waals surface area contributed by atoms with Gasteiger partial charge in [0.1, 0.15) is 0 Å². The monoisotopic (exact) mass is 180 g/mol. The zero-order valence-electron chi connectivity index (χ0n) is 7.35. The topological polar surface area (TPSA) is 0 Å². The van der Waals surface area contributed by atoms with E-state index in [4.69, 9.17) is 6.42 Å². The third kappa shape index (κ3) is 2.06. The normalized spacial score (nSPS) is 10.1. The van der Waals surface area contributed by atoms with Crippen LogP contribution in [0.2, 0.25) is 0 Å². The van der Waals surface area contributed by atoms with E-state index in [2.05, 4.69) is 5.92 Å². The highest BCUT2D eigenvalue weighted by atomic mass is 19.3. The average molecular weight is 180 g/mol. The van der Waals surface area contributed by atoms with Crippen molar-refractivity contribution in [3.8, 4) is 12.3 Å². The van der Waals surface area contributed by atoms with Crippen LogP contribution in [0.15, 0.2) is 18.2 Å². The van der Waals surface area contributed by atoms with Crippen molar-refractivity contribution in [2.24, 2.45) is 0 Å². The Morgan fingerprint density at radius 2 is 2.15 bits per heavy atom. The smallest absolute Gasteiger partial charge is 0.205 e. The molecule has 0 saturated heterocycles. The maximum atomic E-state index is 12.4. The van der Waals surface area contributed by atoms with Gasteiger partial charge in [-0.1, -0.05) is 18.2 Å². The summed E-state index contributed by atoms with van der Waals surface area (Å²) in [6.07, 6.45) is 3.11. The van der Waals surface area contributed by atoms with Crippen LogP contribution in [-0.4, -0.2) is 0 Å². The number of rotatable bonds is 2. The molecule has 0 fully saturated rings. The third-order valence-corrected chi connectivity index (χ3v) is 2.02. The molecular weight excluding hydrogens is 170 g/mol. The van der Waals surface area contributed by atoms with Crippen molar-refractivity contribution >= 4 is 0 Å². The third-order valence-electron chi connectivity index (χ3n) is 2.02. The van der Waals surface area contributed by atoms with Crippen LogP contribution < -0.4 is 0 Å². The Hall–Kier alpha value is -1.36. The lowest BCUT2D eigenvalue weighted by atomic mass is 10.0. The molecule has 0 spiro atoms. The highest BCUT2D eigenvalue weighted by molar-refractivity contribution is 5.36. The van der Waals surface area contributed by atoms with Crippen LogP contribution in [-0.2, 0) is 6.42 Å². The summed E-state index contributed by atoms with van der Waals surface area (Å²) < 4.78 is 24.8. The van der Waals surface area contributed by atoms with Gasteiger partial charge in [-0.05, 0) is 18.1 Å². The maximum absolute atomic E-state index is 12.4. The fourth-order valence-electron chi connectivity index (χ4n) is 1.24. The maximum Gasteiger partial charge on any atom is 0.264 e. The Kier molecular flexibility index (Phi) is 3.02. The molecule has 0 aliphatic rings. The predicted molar refractivity (Wildman–Crippen MR) is 48.7 cm³/mol. The molecule has 0 unspecified atom stereocenters. The number of benzene rings is 1. The molecule has 0 atom stereocenters. The summed E-state index contributed by atoms with van der Waals surface area (Å²) >= 11 is 0. The summed E-state index contributed by atoms with van der Waals surface area (Å²) in [6.45, 7) is 1.67. The van der Waals surface area contributed by atoms with Crippen molar-refractivity contribution < 1.29 is 8.78 Å². The molecule has 0 N–H and O–H groups in total. The molecular formula is C11H10F2. The first kappa shape index (κ1) is 9.73. The predicted octanol–water partition coefficient (Wildman–Crippen LogP) is 3.11. The largest absolute Gasteiger partial charge is 0.264 e. The van der Waals surface area contributed by atoms with Gasteiger partial charge in [-0.3, -0.25) is 0 Å². The van der Waals surface area contributed by atoms with E-state index >= 15 is 0 Å². The molecule has 0 aliphatic carbocycles. The minimum absolute atomic E-state index is 0.0766. The van der Waals surface area contributed by atoms with Gasteiger partial charge in [-0.25, -0.2) is 8.78 Å². The summed E-state index contributed by atoms with van der Waals surface area (Å²) in [4.78, 5) is 0. The molecule has 13 heavy (non-hydrogen) atoms. The first-order valence-corrected chi connectivity index (χ1v) is 3.96. The van der Waals surface area contributed by atoms with E-state index in [1.165, 1.54) is 6.07 Å². The van der Waals surface area contributed by atoms with E-state index in [0.29, 0.717) is 12.0 Å². The van der Waals surface area contributed by atoms with Crippen molar-refractivity contribution in [3.63, 3.8) is 0 Å². The molecule has 2 heteroatoms. The zero-order valence-corrected chi connectivity index (χ0v) is 7.35. The van der Waals surface area contributed by atoms with E-state index < -0.39 is 6.43 Å². The summed E-state index contributed by atoms with van der Waals surface area (Å²) in [7, 11) is 0. The number of alkyl halides is 2. The summed E-state index contributed by atoms with van der Waals surface area (Å²) in [5.41, 5.74) is 1.49. The van der Waals surface area contributed by atoms with Crippen LogP contribution in [0.3, 0.4) is 0 Å². The van der Waals surface area contributed by atoms with Crippen LogP contribution in [0.4, 0.5) is 8.78 Å². The number of hydrogen-bond donors (Lipinski definition) is 0. The highest BCUT2D eigenvalue weighted by Crippen LogP contribution is 2.24. The summed E-state index contributed by atoms with van der Waals surface area (Å²) in [6, 6.07) is 4.82. The minimum atomic E-state index is -2.42. The van der Waals surface area contributed by atoms with Crippen LogP contribution in [0.1, 0.15) is 23.1 Å². The van der Waals surface area contributed by atoms with E-state index in [1.807, 2.05) is 0 Å². The first-order chi connectivity index (χ1) is 6.16. The lowest BCUT2D eigenvalue weighted by Crippen LogP contribution is -1.94. The molecule has 0 bridgehead atoms. The van der Waals surface area contributed by atoms with Gasteiger partial charge in [0, 0.05) is 12.0 Å². The molecule has 0 heterocycles. The fourth-order valence-corrected chi connectivity index (χ4v) is 1.24. The van der Waals surface area contributed by atoms with Crippen molar-refractivity contribution in [2.75, 3.05) is 0 Å². The number of terminal acetylenes is 1. The summed E-state index contributed by atoms with van der Waals surface area (Å²) in [5, 5.41) is 0. The molecule has 1 rings (SSSR count). The van der Waals surface area contributed by atoms with Gasteiger partial charge in [0.25, 0.3) is 6.43 Å². The van der Waals surface area contributed by atoms with E-state index in [0.717, 1.165) is 5.56 Å². The molecule has 0 saturated carbocycles. The van der Waals surface area contributed by atoms with Gasteiger partial charge in [-0.2, -0.15) is 0 Å². The molecule has 68 valence electrons. The minimum Gasteiger partial charge on any atom is -0.205 e. The molecule has 1 aromatic rings. The van der Waals surface area contributed by atoms with Crippen molar-refractivity contribution in [2.45, 2.75) is 19.8 Å². The van der Waals surface area contributed by atoms with E-state index in [-0.39, 0.29) is 5.56 Å². The molecule has 0 radical (unpaired) electrons. The van der Waals surface area contributed by atoms with Gasteiger partial charge in [0.05, 0.1) is 0 Å². The number of halogens is 2. The molecule has 0 aromatic heterocycles. The summed E-state index contributed by atoms with van der Waals surface area (Å²) in [5.74, 6) is 2.45. The quantitative estimate of drug-likeness (QED) is 0.613. The molecule has 0 aliphatic heterocycles. The SMILES string of the molecule is C#CCc1cccc(C(F)F)c1C. The molecule has 0 nitrogen and oxygen atoms in total. The van der Waals surface area contributed by atoms with E-state index in [1.54, 1.807) is 19.1 Å². The van der Waals surface area contributed by atoms with Gasteiger partial charge < -0.3 is 0 Å². The van der Waals surface area contributed by atoms with Gasteiger partial charge in [0.15, 0.2) is 0 Å². The fraction of sp³-hybridized carbons (Fsp3) is 0.273. The van der Waals surface area contributed by atoms with Crippen molar-refractivity contribution in [1.29, 1.82) is 0 Å². The van der Waals surface area contributed by atoms with Crippen molar-refractivity contribution in [1.82, 2.24) is 0 Å². The highest BCUT2D eigenvalue weighted by Gasteiger charge is 2.11. The molecule has 1 aromatic carbocycles. The number of hydrogen-bond acceptors (Lipinski definition) is 0. The lowest BCUT2D eigenvalue weighted by molar-refractivity contribution is 0.150. The Bertz CT molecular complexity index is 334. The van der Waals surface area contributed by atoms with Crippen LogP contribution in [0, 0.1) is 19.3 Å². The average Bonchev–Trinajstić information content (AvgIpc) is 2.08.